The lowest BCUT2D eigenvalue weighted by molar-refractivity contribution is -0.127. The van der Waals surface area contributed by atoms with Crippen LogP contribution >= 0.6 is 23.2 Å². The van der Waals surface area contributed by atoms with Crippen LogP contribution in [0.1, 0.15) is 58.1 Å². The van der Waals surface area contributed by atoms with Crippen molar-refractivity contribution in [2.75, 3.05) is 18.4 Å². The molecule has 1 atom stereocenters. The second kappa shape index (κ2) is 9.68. The fraction of sp³-hybridized carbons (Fsp3) is 0.455. The van der Waals surface area contributed by atoms with Crippen LogP contribution in [0.3, 0.4) is 0 Å². The van der Waals surface area contributed by atoms with Crippen LogP contribution in [0.2, 0.25) is 10.0 Å². The summed E-state index contributed by atoms with van der Waals surface area (Å²) in [6, 6.07) is 7.07. The first-order valence-electron chi connectivity index (χ1n) is 10.2. The van der Waals surface area contributed by atoms with Gasteiger partial charge in [0.15, 0.2) is 0 Å². The zero-order valence-corrected chi connectivity index (χ0v) is 18.7. The van der Waals surface area contributed by atoms with Gasteiger partial charge in [-0.2, -0.15) is 5.10 Å². The lowest BCUT2D eigenvalue weighted by Crippen LogP contribution is -2.39. The molecule has 0 fully saturated rings. The zero-order chi connectivity index (χ0) is 21.0. The van der Waals surface area contributed by atoms with Crippen molar-refractivity contribution in [3.63, 3.8) is 0 Å². The van der Waals surface area contributed by atoms with E-state index in [9.17, 15) is 4.79 Å². The van der Waals surface area contributed by atoms with Gasteiger partial charge in [0.1, 0.15) is 11.9 Å². The number of fused-ring (bicyclic) bond motifs is 1. The first kappa shape index (κ1) is 21.7. The maximum atomic E-state index is 13.7. The summed E-state index contributed by atoms with van der Waals surface area (Å²) >= 11 is 12.4. The molecule has 0 spiro atoms. The summed E-state index contributed by atoms with van der Waals surface area (Å²) in [5, 5.41) is 8.79. The van der Waals surface area contributed by atoms with Crippen LogP contribution < -0.4 is 5.32 Å². The van der Waals surface area contributed by atoms with E-state index in [2.05, 4.69) is 24.3 Å². The number of carbonyl (C=O) groups excluding carboxylic acids is 1. The zero-order valence-electron chi connectivity index (χ0n) is 17.2. The standard InChI is InChI=1S/C22H28Cl2N4O/c1-4-6-12-27(13-7-5-2)22(29)20-15(3)26-19-10-11-25-28(19)21(20)16-8-9-17(23)18(24)14-16/h8-11,14,21,26H,4-7,12-13H2,1-3H3. The second-order valence-electron chi connectivity index (χ2n) is 7.40. The number of aromatic nitrogens is 2. The van der Waals surface area contributed by atoms with Gasteiger partial charge in [0.05, 0.1) is 21.8 Å². The first-order valence-corrected chi connectivity index (χ1v) is 11.0. The summed E-state index contributed by atoms with van der Waals surface area (Å²) in [5.74, 6) is 0.901. The molecule has 156 valence electrons. The predicted molar refractivity (Wildman–Crippen MR) is 120 cm³/mol. The van der Waals surface area contributed by atoms with Crippen LogP contribution in [0.5, 0.6) is 0 Å². The molecule has 2 aromatic rings. The number of rotatable bonds is 8. The van der Waals surface area contributed by atoms with Gasteiger partial charge >= 0.3 is 0 Å². The predicted octanol–water partition coefficient (Wildman–Crippen LogP) is 5.91. The Morgan fingerprint density at radius 1 is 1.14 bits per heavy atom. The molecule has 29 heavy (non-hydrogen) atoms. The van der Waals surface area contributed by atoms with Crippen molar-refractivity contribution >= 4 is 34.9 Å². The first-order chi connectivity index (χ1) is 14.0. The normalized spacial score (nSPS) is 15.8. The molecule has 0 radical (unpaired) electrons. The van der Waals surface area contributed by atoms with Gasteiger partial charge in [0, 0.05) is 24.9 Å². The number of benzene rings is 1. The number of carbonyl (C=O) groups is 1. The smallest absolute Gasteiger partial charge is 0.254 e. The summed E-state index contributed by atoms with van der Waals surface area (Å²) < 4.78 is 1.84. The van der Waals surface area contributed by atoms with E-state index in [1.165, 1.54) is 0 Å². The third-order valence-electron chi connectivity index (χ3n) is 5.25. The van der Waals surface area contributed by atoms with Gasteiger partial charge in [0.25, 0.3) is 5.91 Å². The van der Waals surface area contributed by atoms with E-state index >= 15 is 0 Å². The van der Waals surface area contributed by atoms with Gasteiger partial charge in [-0.15, -0.1) is 0 Å². The molecule has 1 amide bonds. The summed E-state index contributed by atoms with van der Waals surface area (Å²) in [4.78, 5) is 15.7. The highest BCUT2D eigenvalue weighted by molar-refractivity contribution is 6.42. The molecule has 0 aliphatic carbocycles. The largest absolute Gasteiger partial charge is 0.344 e. The van der Waals surface area contributed by atoms with Crippen LogP contribution in [-0.2, 0) is 4.79 Å². The minimum atomic E-state index is -0.353. The number of amides is 1. The fourth-order valence-corrected chi connectivity index (χ4v) is 3.96. The molecule has 1 aromatic heterocycles. The highest BCUT2D eigenvalue weighted by Gasteiger charge is 2.34. The van der Waals surface area contributed by atoms with Gasteiger partial charge in [-0.1, -0.05) is 56.0 Å². The lowest BCUT2D eigenvalue weighted by atomic mass is 9.94. The van der Waals surface area contributed by atoms with Gasteiger partial charge in [-0.05, 0) is 37.5 Å². The number of nitrogens with one attached hydrogen (secondary N) is 1. The molecule has 0 bridgehead atoms. The third kappa shape index (κ3) is 4.62. The Kier molecular flexibility index (Phi) is 7.25. The number of unbranched alkanes of at least 4 members (excludes halogenated alkanes) is 2. The second-order valence-corrected chi connectivity index (χ2v) is 8.21. The van der Waals surface area contributed by atoms with Crippen LogP contribution in [0.25, 0.3) is 0 Å². The minimum absolute atomic E-state index is 0.0501. The maximum absolute atomic E-state index is 13.7. The van der Waals surface area contributed by atoms with Crippen molar-refractivity contribution in [2.45, 2.75) is 52.5 Å². The topological polar surface area (TPSA) is 50.2 Å². The van der Waals surface area contributed by atoms with Crippen molar-refractivity contribution in [1.29, 1.82) is 0 Å². The Labute approximate surface area is 182 Å². The van der Waals surface area contributed by atoms with E-state index in [4.69, 9.17) is 23.2 Å². The van der Waals surface area contributed by atoms with Crippen LogP contribution in [0, 0.1) is 0 Å². The molecular formula is C22H28Cl2N4O. The summed E-state index contributed by atoms with van der Waals surface area (Å²) in [6.45, 7) is 7.75. The van der Waals surface area contributed by atoms with Crippen molar-refractivity contribution in [2.24, 2.45) is 0 Å². The van der Waals surface area contributed by atoms with E-state index in [1.54, 1.807) is 12.3 Å². The fourth-order valence-electron chi connectivity index (χ4n) is 3.66. The molecule has 1 unspecified atom stereocenters. The van der Waals surface area contributed by atoms with Crippen LogP contribution in [-0.4, -0.2) is 33.7 Å². The molecule has 2 heterocycles. The summed E-state index contributed by atoms with van der Waals surface area (Å²) in [5.41, 5.74) is 2.43. The van der Waals surface area contributed by atoms with Crippen LogP contribution in [0.4, 0.5) is 5.82 Å². The van der Waals surface area contributed by atoms with E-state index in [0.717, 1.165) is 55.9 Å². The van der Waals surface area contributed by atoms with Crippen molar-refractivity contribution in [3.05, 3.63) is 57.3 Å². The molecule has 0 saturated heterocycles. The number of nitrogens with zero attached hydrogens (tertiary/aromatic N) is 3. The van der Waals surface area contributed by atoms with Crippen molar-refractivity contribution in [1.82, 2.24) is 14.7 Å². The average molecular weight is 435 g/mol. The van der Waals surface area contributed by atoms with Gasteiger partial charge < -0.3 is 10.2 Å². The molecule has 3 rings (SSSR count). The summed E-state index contributed by atoms with van der Waals surface area (Å²) in [6.07, 6.45) is 5.80. The van der Waals surface area contributed by atoms with E-state index < -0.39 is 0 Å². The molecule has 1 aliphatic heterocycles. The number of hydrogen-bond donors (Lipinski definition) is 1. The molecule has 7 heteroatoms. The number of allylic oxidation sites excluding steroid dienone is 1. The Bertz CT molecular complexity index is 898. The Morgan fingerprint density at radius 3 is 2.45 bits per heavy atom. The Morgan fingerprint density at radius 2 is 1.83 bits per heavy atom. The quantitative estimate of drug-likeness (QED) is 0.561. The highest BCUT2D eigenvalue weighted by Crippen LogP contribution is 2.38. The monoisotopic (exact) mass is 434 g/mol. The van der Waals surface area contributed by atoms with Gasteiger partial charge in [-0.25, -0.2) is 4.68 Å². The summed E-state index contributed by atoms with van der Waals surface area (Å²) in [7, 11) is 0. The van der Waals surface area contributed by atoms with Crippen molar-refractivity contribution < 1.29 is 4.79 Å². The van der Waals surface area contributed by atoms with Crippen molar-refractivity contribution in [3.8, 4) is 0 Å². The van der Waals surface area contributed by atoms with E-state index in [0.29, 0.717) is 15.6 Å². The minimum Gasteiger partial charge on any atom is -0.344 e. The molecule has 5 nitrogen and oxygen atoms in total. The van der Waals surface area contributed by atoms with E-state index in [1.807, 2.05) is 34.7 Å². The van der Waals surface area contributed by atoms with Gasteiger partial charge in [-0.3, -0.25) is 4.79 Å². The molecule has 1 aromatic carbocycles. The number of hydrogen-bond acceptors (Lipinski definition) is 3. The van der Waals surface area contributed by atoms with Crippen LogP contribution in [0.15, 0.2) is 41.7 Å². The van der Waals surface area contributed by atoms with Gasteiger partial charge in [0.2, 0.25) is 0 Å². The molecule has 1 N–H and O–H groups in total. The lowest BCUT2D eigenvalue weighted by Gasteiger charge is -2.33. The number of halogens is 2. The third-order valence-corrected chi connectivity index (χ3v) is 5.99. The average Bonchev–Trinajstić information content (AvgIpc) is 3.16. The molecule has 1 aliphatic rings. The Balaban J connectivity index is 2.05. The Hall–Kier alpha value is -1.98. The van der Waals surface area contributed by atoms with E-state index in [-0.39, 0.29) is 11.9 Å². The number of anilines is 1. The SMILES string of the molecule is CCCCN(CCCC)C(=O)C1=C(C)Nc2ccnn2C1c1ccc(Cl)c(Cl)c1. The maximum Gasteiger partial charge on any atom is 0.254 e. The molecular weight excluding hydrogens is 407 g/mol. The molecule has 0 saturated carbocycles. The highest BCUT2D eigenvalue weighted by atomic mass is 35.5.